The van der Waals surface area contributed by atoms with Crippen LogP contribution in [0.1, 0.15) is 37.1 Å². The fourth-order valence-corrected chi connectivity index (χ4v) is 2.71. The number of rotatable bonds is 5. The molecule has 0 unspecified atom stereocenters. The predicted octanol–water partition coefficient (Wildman–Crippen LogP) is 3.73. The van der Waals surface area contributed by atoms with Crippen molar-refractivity contribution < 1.29 is 4.42 Å². The summed E-state index contributed by atoms with van der Waals surface area (Å²) in [6, 6.07) is 13.1. The fraction of sp³-hybridized carbons (Fsp3) is 0.412. The predicted molar refractivity (Wildman–Crippen MR) is 81.9 cm³/mol. The maximum Gasteiger partial charge on any atom is 0.120 e. The van der Waals surface area contributed by atoms with E-state index in [0.717, 1.165) is 12.3 Å². The number of furan rings is 1. The molecule has 1 saturated heterocycles. The molecule has 0 bridgehead atoms. The second-order valence-corrected chi connectivity index (χ2v) is 5.48. The van der Waals surface area contributed by atoms with Crippen molar-refractivity contribution in [3.8, 4) is 0 Å². The summed E-state index contributed by atoms with van der Waals surface area (Å²) in [4.78, 5) is 2.46. The van der Waals surface area contributed by atoms with Crippen molar-refractivity contribution in [1.29, 1.82) is 0 Å². The van der Waals surface area contributed by atoms with Crippen molar-refractivity contribution in [3.63, 3.8) is 0 Å². The molecule has 1 N–H and O–H groups in total. The van der Waals surface area contributed by atoms with Gasteiger partial charge in [-0.3, -0.25) is 0 Å². The Bertz CT molecular complexity index is 512. The van der Waals surface area contributed by atoms with Crippen molar-refractivity contribution in [2.45, 2.75) is 32.4 Å². The van der Waals surface area contributed by atoms with Gasteiger partial charge >= 0.3 is 0 Å². The zero-order valence-corrected chi connectivity index (χ0v) is 12.0. The number of hydrogen-bond donors (Lipinski definition) is 1. The molecular formula is C17H22N2O. The lowest BCUT2D eigenvalue weighted by atomic mass is 10.1. The minimum atomic E-state index is 0.239. The first-order chi connectivity index (χ1) is 9.83. The summed E-state index contributed by atoms with van der Waals surface area (Å²) in [5, 5.41) is 3.48. The molecule has 1 fully saturated rings. The minimum Gasteiger partial charge on any atom is -0.468 e. The van der Waals surface area contributed by atoms with Crippen LogP contribution < -0.4 is 10.2 Å². The summed E-state index contributed by atoms with van der Waals surface area (Å²) in [6.07, 6.45) is 4.37. The first-order valence-corrected chi connectivity index (χ1v) is 7.43. The number of anilines is 1. The van der Waals surface area contributed by atoms with Gasteiger partial charge in [-0.25, -0.2) is 0 Å². The summed E-state index contributed by atoms with van der Waals surface area (Å²) in [6.45, 7) is 5.39. The molecular weight excluding hydrogens is 248 g/mol. The highest BCUT2D eigenvalue weighted by atomic mass is 16.3. The van der Waals surface area contributed by atoms with Gasteiger partial charge in [-0.2, -0.15) is 0 Å². The van der Waals surface area contributed by atoms with E-state index in [0.29, 0.717) is 0 Å². The summed E-state index contributed by atoms with van der Waals surface area (Å²) < 4.78 is 5.40. The first-order valence-electron chi connectivity index (χ1n) is 7.43. The molecule has 1 aromatic heterocycles. The fourth-order valence-electron chi connectivity index (χ4n) is 2.71. The van der Waals surface area contributed by atoms with Gasteiger partial charge in [-0.1, -0.05) is 12.1 Å². The molecule has 1 aromatic carbocycles. The summed E-state index contributed by atoms with van der Waals surface area (Å²) in [5.74, 6) is 0.985. The van der Waals surface area contributed by atoms with E-state index in [1.165, 1.54) is 37.2 Å². The Morgan fingerprint density at radius 2 is 1.90 bits per heavy atom. The number of nitrogens with one attached hydrogen (secondary N) is 1. The molecule has 1 aliphatic rings. The van der Waals surface area contributed by atoms with Crippen LogP contribution in [0.25, 0.3) is 0 Å². The third-order valence-corrected chi connectivity index (χ3v) is 3.99. The smallest absolute Gasteiger partial charge is 0.120 e. The normalized spacial score (nSPS) is 16.6. The van der Waals surface area contributed by atoms with Crippen LogP contribution >= 0.6 is 0 Å². The molecule has 3 heteroatoms. The highest BCUT2D eigenvalue weighted by Gasteiger charge is 2.12. The molecule has 0 radical (unpaired) electrons. The van der Waals surface area contributed by atoms with Gasteiger partial charge in [0.05, 0.1) is 12.3 Å². The van der Waals surface area contributed by atoms with E-state index < -0.39 is 0 Å². The maximum atomic E-state index is 5.40. The maximum absolute atomic E-state index is 5.40. The highest BCUT2D eigenvalue weighted by molar-refractivity contribution is 5.48. The lowest BCUT2D eigenvalue weighted by Crippen LogP contribution is -2.19. The van der Waals surface area contributed by atoms with E-state index in [1.54, 1.807) is 6.26 Å². The van der Waals surface area contributed by atoms with E-state index in [4.69, 9.17) is 4.42 Å². The molecule has 0 spiro atoms. The van der Waals surface area contributed by atoms with Crippen LogP contribution in [-0.4, -0.2) is 13.1 Å². The molecule has 1 atom stereocenters. The summed E-state index contributed by atoms with van der Waals surface area (Å²) in [7, 11) is 0. The van der Waals surface area contributed by atoms with Crippen molar-refractivity contribution in [2.75, 3.05) is 18.0 Å². The Morgan fingerprint density at radius 1 is 1.15 bits per heavy atom. The SMILES string of the molecule is C[C@H](NCc1ccc(N2CCCC2)cc1)c1ccco1. The highest BCUT2D eigenvalue weighted by Crippen LogP contribution is 2.20. The lowest BCUT2D eigenvalue weighted by molar-refractivity contribution is 0.430. The van der Waals surface area contributed by atoms with Crippen LogP contribution in [0.2, 0.25) is 0 Å². The van der Waals surface area contributed by atoms with Gasteiger partial charge in [0.15, 0.2) is 0 Å². The van der Waals surface area contributed by atoms with Crippen molar-refractivity contribution in [1.82, 2.24) is 5.32 Å². The van der Waals surface area contributed by atoms with Gasteiger partial charge in [-0.15, -0.1) is 0 Å². The minimum absolute atomic E-state index is 0.239. The molecule has 3 rings (SSSR count). The Labute approximate surface area is 120 Å². The van der Waals surface area contributed by atoms with Crippen LogP contribution in [0.3, 0.4) is 0 Å². The molecule has 1 aliphatic heterocycles. The van der Waals surface area contributed by atoms with E-state index in [9.17, 15) is 0 Å². The van der Waals surface area contributed by atoms with Gasteiger partial charge in [0.25, 0.3) is 0 Å². The summed E-state index contributed by atoms with van der Waals surface area (Å²) >= 11 is 0. The number of benzene rings is 1. The topological polar surface area (TPSA) is 28.4 Å². The van der Waals surface area contributed by atoms with Crippen LogP contribution in [0.15, 0.2) is 47.1 Å². The molecule has 2 heterocycles. The summed E-state index contributed by atoms with van der Waals surface area (Å²) in [5.41, 5.74) is 2.66. The average molecular weight is 270 g/mol. The second-order valence-electron chi connectivity index (χ2n) is 5.48. The zero-order valence-electron chi connectivity index (χ0n) is 12.0. The first kappa shape index (κ1) is 13.3. The number of hydrogen-bond acceptors (Lipinski definition) is 3. The number of nitrogens with zero attached hydrogens (tertiary/aromatic N) is 1. The van der Waals surface area contributed by atoms with Crippen molar-refractivity contribution in [2.24, 2.45) is 0 Å². The third kappa shape index (κ3) is 3.05. The van der Waals surface area contributed by atoms with Crippen LogP contribution in [0, 0.1) is 0 Å². The Morgan fingerprint density at radius 3 is 2.55 bits per heavy atom. The Kier molecular flexibility index (Phi) is 4.07. The molecule has 0 aliphatic carbocycles. The van der Waals surface area contributed by atoms with Gasteiger partial charge in [0, 0.05) is 25.3 Å². The van der Waals surface area contributed by atoms with Crippen LogP contribution in [0.5, 0.6) is 0 Å². The van der Waals surface area contributed by atoms with E-state index in [-0.39, 0.29) is 6.04 Å². The molecule has 0 saturated carbocycles. The van der Waals surface area contributed by atoms with Crippen LogP contribution in [-0.2, 0) is 6.54 Å². The molecule has 0 amide bonds. The Hall–Kier alpha value is -1.74. The third-order valence-electron chi connectivity index (χ3n) is 3.99. The van der Waals surface area contributed by atoms with Gasteiger partial charge in [0.1, 0.15) is 5.76 Å². The molecule has 2 aromatic rings. The molecule has 106 valence electrons. The van der Waals surface area contributed by atoms with Crippen molar-refractivity contribution in [3.05, 3.63) is 54.0 Å². The van der Waals surface area contributed by atoms with Gasteiger partial charge in [0.2, 0.25) is 0 Å². The Balaban J connectivity index is 1.55. The largest absolute Gasteiger partial charge is 0.468 e. The molecule has 3 nitrogen and oxygen atoms in total. The van der Waals surface area contributed by atoms with Gasteiger partial charge in [-0.05, 0) is 49.6 Å². The second kappa shape index (κ2) is 6.14. The van der Waals surface area contributed by atoms with E-state index in [2.05, 4.69) is 41.4 Å². The van der Waals surface area contributed by atoms with Crippen LogP contribution in [0.4, 0.5) is 5.69 Å². The molecule has 20 heavy (non-hydrogen) atoms. The average Bonchev–Trinajstić information content (AvgIpc) is 3.18. The quantitative estimate of drug-likeness (QED) is 0.897. The zero-order chi connectivity index (χ0) is 13.8. The lowest BCUT2D eigenvalue weighted by Gasteiger charge is -2.18. The monoisotopic (exact) mass is 270 g/mol. The standard InChI is InChI=1S/C17H22N2O/c1-14(17-5-4-12-20-17)18-13-15-6-8-16(9-7-15)19-10-2-3-11-19/h4-9,12,14,18H,2-3,10-11,13H2,1H3/t14-/m0/s1. The van der Waals surface area contributed by atoms with Crippen molar-refractivity contribution >= 4 is 5.69 Å². The van der Waals surface area contributed by atoms with Gasteiger partial charge < -0.3 is 14.6 Å². The van der Waals surface area contributed by atoms with E-state index >= 15 is 0 Å². The van der Waals surface area contributed by atoms with E-state index in [1.807, 2.05) is 12.1 Å².